The lowest BCUT2D eigenvalue weighted by Gasteiger charge is -2.14. The summed E-state index contributed by atoms with van der Waals surface area (Å²) in [5, 5.41) is 13.4. The van der Waals surface area contributed by atoms with Crippen molar-refractivity contribution < 1.29 is 19.5 Å². The van der Waals surface area contributed by atoms with Crippen LogP contribution in [0.5, 0.6) is 0 Å². The number of rotatable bonds is 8. The average molecular weight is 263 g/mol. The summed E-state index contributed by atoms with van der Waals surface area (Å²) in [4.78, 5) is 32.9. The van der Waals surface area contributed by atoms with Gasteiger partial charge < -0.3 is 21.5 Å². The van der Waals surface area contributed by atoms with Crippen molar-refractivity contribution in [1.82, 2.24) is 10.6 Å². The molecule has 0 aromatic rings. The number of amides is 2. The van der Waals surface area contributed by atoms with E-state index in [0.717, 1.165) is 0 Å². The highest BCUT2D eigenvalue weighted by atomic mass is 32.2. The Hall–Kier alpha value is -1.28. The van der Waals surface area contributed by atoms with E-state index in [1.165, 1.54) is 11.8 Å². The maximum atomic E-state index is 11.3. The van der Waals surface area contributed by atoms with Crippen LogP contribution in [-0.4, -0.2) is 54.0 Å². The molecule has 0 saturated heterocycles. The van der Waals surface area contributed by atoms with E-state index >= 15 is 0 Å². The molecular formula is C9H17N3O4S. The van der Waals surface area contributed by atoms with E-state index in [0.29, 0.717) is 12.2 Å². The molecule has 5 N–H and O–H groups in total. The molecule has 2 amide bonds. The van der Waals surface area contributed by atoms with Gasteiger partial charge in [0.1, 0.15) is 6.04 Å². The molecule has 0 aliphatic heterocycles. The molecule has 1 atom stereocenters. The number of nitrogens with two attached hydrogens (primary N) is 1. The predicted molar refractivity (Wildman–Crippen MR) is 64.6 cm³/mol. The Balaban J connectivity index is 4.03. The number of carbonyl (C=O) groups excluding carboxylic acids is 2. The van der Waals surface area contributed by atoms with Crippen molar-refractivity contribution in [3.63, 3.8) is 0 Å². The fourth-order valence-electron chi connectivity index (χ4n) is 0.989. The summed E-state index contributed by atoms with van der Waals surface area (Å²) < 4.78 is 0. The van der Waals surface area contributed by atoms with Crippen molar-refractivity contribution in [2.75, 3.05) is 25.1 Å². The molecule has 0 spiro atoms. The maximum absolute atomic E-state index is 11.3. The monoisotopic (exact) mass is 263 g/mol. The fraction of sp³-hybridized carbons (Fsp3) is 0.667. The highest BCUT2D eigenvalue weighted by Gasteiger charge is 2.19. The van der Waals surface area contributed by atoms with Crippen molar-refractivity contribution in [3.05, 3.63) is 0 Å². The summed E-state index contributed by atoms with van der Waals surface area (Å²) in [7, 11) is 0. The summed E-state index contributed by atoms with van der Waals surface area (Å²) in [6.07, 6.45) is 2.19. The number of hydrogen-bond acceptors (Lipinski definition) is 5. The van der Waals surface area contributed by atoms with Gasteiger partial charge in [0.15, 0.2) is 0 Å². The molecule has 0 radical (unpaired) electrons. The van der Waals surface area contributed by atoms with Gasteiger partial charge >= 0.3 is 5.97 Å². The van der Waals surface area contributed by atoms with E-state index in [1.54, 1.807) is 0 Å². The molecule has 17 heavy (non-hydrogen) atoms. The molecule has 98 valence electrons. The summed E-state index contributed by atoms with van der Waals surface area (Å²) in [5.41, 5.74) is 5.03. The third kappa shape index (κ3) is 7.58. The van der Waals surface area contributed by atoms with Crippen LogP contribution in [0.4, 0.5) is 0 Å². The lowest BCUT2D eigenvalue weighted by Crippen LogP contribution is -2.46. The van der Waals surface area contributed by atoms with E-state index in [9.17, 15) is 14.4 Å². The van der Waals surface area contributed by atoms with Crippen LogP contribution in [0.1, 0.15) is 6.42 Å². The summed E-state index contributed by atoms with van der Waals surface area (Å²) in [6, 6.07) is -0.926. The zero-order chi connectivity index (χ0) is 13.3. The van der Waals surface area contributed by atoms with Crippen molar-refractivity contribution in [3.8, 4) is 0 Å². The van der Waals surface area contributed by atoms with Crippen molar-refractivity contribution in [2.24, 2.45) is 5.73 Å². The number of aliphatic carboxylic acids is 1. The molecule has 8 heteroatoms. The third-order valence-corrected chi connectivity index (χ3v) is 2.52. The van der Waals surface area contributed by atoms with Gasteiger partial charge in [-0.15, -0.1) is 0 Å². The van der Waals surface area contributed by atoms with Crippen molar-refractivity contribution in [2.45, 2.75) is 12.5 Å². The van der Waals surface area contributed by atoms with Crippen LogP contribution >= 0.6 is 11.8 Å². The molecule has 0 aliphatic rings. The average Bonchev–Trinajstić information content (AvgIpc) is 2.30. The van der Waals surface area contributed by atoms with Gasteiger partial charge in [-0.2, -0.15) is 11.8 Å². The smallest absolute Gasteiger partial charge is 0.326 e. The molecule has 0 aliphatic carbocycles. The first kappa shape index (κ1) is 15.7. The molecule has 0 rings (SSSR count). The summed E-state index contributed by atoms with van der Waals surface area (Å²) in [5.74, 6) is -1.46. The van der Waals surface area contributed by atoms with Crippen LogP contribution < -0.4 is 16.4 Å². The minimum Gasteiger partial charge on any atom is -0.480 e. The number of carboxylic acid groups (broad SMARTS) is 1. The quantitative estimate of drug-likeness (QED) is 0.418. The van der Waals surface area contributed by atoms with Crippen LogP contribution in [-0.2, 0) is 14.4 Å². The van der Waals surface area contributed by atoms with Crippen LogP contribution in [0, 0.1) is 0 Å². The number of hydrogen-bond donors (Lipinski definition) is 4. The van der Waals surface area contributed by atoms with Gasteiger partial charge in [0.2, 0.25) is 11.8 Å². The maximum Gasteiger partial charge on any atom is 0.326 e. The number of carboxylic acids is 1. The summed E-state index contributed by atoms with van der Waals surface area (Å²) in [6.45, 7) is -0.471. The molecular weight excluding hydrogens is 246 g/mol. The second-order valence-corrected chi connectivity index (χ2v) is 4.21. The van der Waals surface area contributed by atoms with Gasteiger partial charge in [-0.25, -0.2) is 4.79 Å². The Morgan fingerprint density at radius 2 is 2.00 bits per heavy atom. The molecule has 0 heterocycles. The first-order valence-electron chi connectivity index (χ1n) is 4.99. The second kappa shape index (κ2) is 8.82. The molecule has 0 saturated carbocycles. The Kier molecular flexibility index (Phi) is 8.16. The largest absolute Gasteiger partial charge is 0.480 e. The molecule has 0 aromatic heterocycles. The Bertz CT molecular complexity index is 285. The van der Waals surface area contributed by atoms with Gasteiger partial charge in [0.25, 0.3) is 0 Å². The molecule has 0 unspecified atom stereocenters. The number of thioether (sulfide) groups is 1. The summed E-state index contributed by atoms with van der Waals surface area (Å²) >= 11 is 1.50. The zero-order valence-electron chi connectivity index (χ0n) is 9.56. The van der Waals surface area contributed by atoms with Crippen LogP contribution in [0.3, 0.4) is 0 Å². The topological polar surface area (TPSA) is 122 Å². The van der Waals surface area contributed by atoms with Crippen molar-refractivity contribution in [1.29, 1.82) is 0 Å². The lowest BCUT2D eigenvalue weighted by molar-refractivity contribution is -0.141. The van der Waals surface area contributed by atoms with E-state index in [-0.39, 0.29) is 13.1 Å². The molecule has 7 nitrogen and oxygen atoms in total. The SMILES string of the molecule is CSCC[C@H](NC(=O)CNC(=O)CN)C(=O)O. The molecule has 0 fully saturated rings. The minimum atomic E-state index is -1.09. The highest BCUT2D eigenvalue weighted by molar-refractivity contribution is 7.98. The normalized spacial score (nSPS) is 11.6. The Morgan fingerprint density at radius 1 is 1.35 bits per heavy atom. The number of carbonyl (C=O) groups is 3. The van der Waals surface area contributed by atoms with Crippen molar-refractivity contribution >= 4 is 29.5 Å². The van der Waals surface area contributed by atoms with Gasteiger partial charge in [-0.1, -0.05) is 0 Å². The molecule has 0 aromatic carbocycles. The molecule has 0 bridgehead atoms. The Morgan fingerprint density at radius 3 is 2.47 bits per heavy atom. The Labute approximate surface area is 104 Å². The van der Waals surface area contributed by atoms with E-state index in [2.05, 4.69) is 10.6 Å². The van der Waals surface area contributed by atoms with Crippen LogP contribution in [0.15, 0.2) is 0 Å². The highest BCUT2D eigenvalue weighted by Crippen LogP contribution is 2.00. The predicted octanol–water partition coefficient (Wildman–Crippen LogP) is -1.62. The van der Waals surface area contributed by atoms with Crippen LogP contribution in [0.25, 0.3) is 0 Å². The second-order valence-electron chi connectivity index (χ2n) is 3.22. The van der Waals surface area contributed by atoms with Gasteiger partial charge in [0, 0.05) is 0 Å². The van der Waals surface area contributed by atoms with E-state index in [1.807, 2.05) is 6.26 Å². The first-order valence-corrected chi connectivity index (χ1v) is 6.38. The standard InChI is InChI=1S/C9H17N3O4S/c1-17-3-2-6(9(15)16)12-8(14)5-11-7(13)4-10/h6H,2-5,10H2,1H3,(H,11,13)(H,12,14)(H,15,16)/t6-/m0/s1. The lowest BCUT2D eigenvalue weighted by atomic mass is 10.2. The van der Waals surface area contributed by atoms with Crippen LogP contribution in [0.2, 0.25) is 0 Å². The van der Waals surface area contributed by atoms with Gasteiger partial charge in [0.05, 0.1) is 13.1 Å². The zero-order valence-corrected chi connectivity index (χ0v) is 10.4. The van der Waals surface area contributed by atoms with Gasteiger partial charge in [-0.05, 0) is 18.4 Å². The third-order valence-electron chi connectivity index (χ3n) is 1.88. The first-order chi connectivity index (χ1) is 8.01. The van der Waals surface area contributed by atoms with E-state index < -0.39 is 23.8 Å². The number of nitrogens with one attached hydrogen (secondary N) is 2. The van der Waals surface area contributed by atoms with E-state index in [4.69, 9.17) is 10.8 Å². The van der Waals surface area contributed by atoms with Gasteiger partial charge in [-0.3, -0.25) is 9.59 Å². The fourth-order valence-corrected chi connectivity index (χ4v) is 1.46. The minimum absolute atomic E-state index is 0.206.